The number of aromatic nitrogens is 2. The Labute approximate surface area is 160 Å². The minimum absolute atomic E-state index is 0.141. The molecule has 2 heterocycles. The van der Waals surface area contributed by atoms with E-state index in [0.717, 1.165) is 18.6 Å². The first kappa shape index (κ1) is 20.1. The second-order valence-corrected chi connectivity index (χ2v) is 7.61. The van der Waals surface area contributed by atoms with Crippen molar-refractivity contribution in [2.75, 3.05) is 13.1 Å². The number of rotatable bonds is 2. The number of nitrogens with zero attached hydrogens (tertiary/aromatic N) is 3. The molecule has 2 atom stereocenters. The van der Waals surface area contributed by atoms with Crippen LogP contribution in [0.4, 0.5) is 13.2 Å². The van der Waals surface area contributed by atoms with E-state index in [9.17, 15) is 22.8 Å². The normalized spacial score (nSPS) is 20.3. The Morgan fingerprint density at radius 1 is 1.14 bits per heavy atom. The topological polar surface area (TPSA) is 55.2 Å². The SMILES string of the molecule is Cc1cc(=O)c(C(=O)N2C[C@H](C)C[C@@H](C)C2)nn1-c1cccc(C(F)(F)F)c1. The molecule has 1 aliphatic heterocycles. The van der Waals surface area contributed by atoms with Gasteiger partial charge in [0, 0.05) is 24.8 Å². The summed E-state index contributed by atoms with van der Waals surface area (Å²) in [5.41, 5.74) is -1.14. The maximum atomic E-state index is 13.0. The van der Waals surface area contributed by atoms with E-state index in [-0.39, 0.29) is 11.4 Å². The van der Waals surface area contributed by atoms with Crippen molar-refractivity contribution in [2.24, 2.45) is 11.8 Å². The monoisotopic (exact) mass is 393 g/mol. The standard InChI is InChI=1S/C20H22F3N3O2/c1-12-7-13(2)11-25(10-12)19(28)18-17(27)8-14(3)26(24-18)16-6-4-5-15(9-16)20(21,22)23/h4-6,8-9,12-13H,7,10-11H2,1-3H3/t12-,13-/m1/s1. The summed E-state index contributed by atoms with van der Waals surface area (Å²) in [6.45, 7) is 6.70. The molecule has 3 rings (SSSR count). The smallest absolute Gasteiger partial charge is 0.337 e. The van der Waals surface area contributed by atoms with Gasteiger partial charge in [-0.3, -0.25) is 9.59 Å². The Bertz CT molecular complexity index is 942. The van der Waals surface area contributed by atoms with Gasteiger partial charge >= 0.3 is 6.18 Å². The van der Waals surface area contributed by atoms with E-state index in [0.29, 0.717) is 30.6 Å². The Kier molecular flexibility index (Phi) is 5.32. The lowest BCUT2D eigenvalue weighted by Gasteiger charge is -2.34. The molecule has 5 nitrogen and oxygen atoms in total. The molecule has 0 aliphatic carbocycles. The van der Waals surface area contributed by atoms with E-state index < -0.39 is 23.1 Å². The average Bonchev–Trinajstić information content (AvgIpc) is 2.60. The Balaban J connectivity index is 2.02. The van der Waals surface area contributed by atoms with Gasteiger partial charge in [0.15, 0.2) is 5.69 Å². The molecule has 0 radical (unpaired) electrons. The first-order valence-electron chi connectivity index (χ1n) is 9.14. The highest BCUT2D eigenvalue weighted by Crippen LogP contribution is 2.30. The Morgan fingerprint density at radius 2 is 1.79 bits per heavy atom. The van der Waals surface area contributed by atoms with E-state index in [1.54, 1.807) is 11.8 Å². The average molecular weight is 393 g/mol. The van der Waals surface area contributed by atoms with E-state index in [2.05, 4.69) is 5.10 Å². The Morgan fingerprint density at radius 3 is 2.39 bits per heavy atom. The van der Waals surface area contributed by atoms with Crippen molar-refractivity contribution in [2.45, 2.75) is 33.4 Å². The number of carbonyl (C=O) groups excluding carboxylic acids is 1. The van der Waals surface area contributed by atoms with Crippen LogP contribution in [0.5, 0.6) is 0 Å². The molecule has 0 spiro atoms. The predicted octanol–water partition coefficient (Wildman–Crippen LogP) is 3.68. The summed E-state index contributed by atoms with van der Waals surface area (Å²) in [6, 6.07) is 5.87. The zero-order valence-corrected chi connectivity index (χ0v) is 16.0. The largest absolute Gasteiger partial charge is 0.416 e. The van der Waals surface area contributed by atoms with Crippen molar-refractivity contribution in [3.05, 3.63) is 57.5 Å². The van der Waals surface area contributed by atoms with Crippen LogP contribution in [0, 0.1) is 18.8 Å². The number of amides is 1. The maximum absolute atomic E-state index is 13.0. The number of halogens is 3. The van der Waals surface area contributed by atoms with Crippen molar-refractivity contribution < 1.29 is 18.0 Å². The number of alkyl halides is 3. The molecular weight excluding hydrogens is 371 g/mol. The van der Waals surface area contributed by atoms with Gasteiger partial charge in [-0.1, -0.05) is 19.9 Å². The van der Waals surface area contributed by atoms with E-state index >= 15 is 0 Å². The molecule has 0 bridgehead atoms. The third kappa shape index (κ3) is 4.10. The summed E-state index contributed by atoms with van der Waals surface area (Å²) in [7, 11) is 0. The van der Waals surface area contributed by atoms with Crippen molar-refractivity contribution in [1.82, 2.24) is 14.7 Å². The lowest BCUT2D eigenvalue weighted by atomic mass is 9.92. The predicted molar refractivity (Wildman–Crippen MR) is 98.4 cm³/mol. The molecule has 1 fully saturated rings. The molecule has 1 aromatic carbocycles. The number of benzene rings is 1. The molecule has 1 aromatic heterocycles. The molecule has 0 unspecified atom stereocenters. The van der Waals surface area contributed by atoms with Gasteiger partial charge in [-0.05, 0) is 43.4 Å². The molecule has 2 aromatic rings. The van der Waals surface area contributed by atoms with Gasteiger partial charge < -0.3 is 4.90 Å². The van der Waals surface area contributed by atoms with E-state index in [1.165, 1.54) is 22.9 Å². The minimum atomic E-state index is -4.50. The summed E-state index contributed by atoms with van der Waals surface area (Å²) < 4.78 is 40.3. The van der Waals surface area contributed by atoms with Crippen LogP contribution in [0.3, 0.4) is 0 Å². The zero-order chi connectivity index (χ0) is 20.6. The van der Waals surface area contributed by atoms with Crippen molar-refractivity contribution >= 4 is 5.91 Å². The molecular formula is C20H22F3N3O2. The van der Waals surface area contributed by atoms with Crippen LogP contribution in [-0.4, -0.2) is 33.7 Å². The van der Waals surface area contributed by atoms with Crippen LogP contribution >= 0.6 is 0 Å². The minimum Gasteiger partial charge on any atom is -0.337 e. The molecule has 150 valence electrons. The van der Waals surface area contributed by atoms with Gasteiger partial charge in [-0.15, -0.1) is 0 Å². The quantitative estimate of drug-likeness (QED) is 0.782. The van der Waals surface area contributed by atoms with Crippen molar-refractivity contribution in [3.8, 4) is 5.69 Å². The Hall–Kier alpha value is -2.64. The summed E-state index contributed by atoms with van der Waals surface area (Å²) >= 11 is 0. The van der Waals surface area contributed by atoms with E-state index in [4.69, 9.17) is 0 Å². The number of aryl methyl sites for hydroxylation is 1. The molecule has 28 heavy (non-hydrogen) atoms. The van der Waals surface area contributed by atoms with Crippen LogP contribution < -0.4 is 5.43 Å². The summed E-state index contributed by atoms with van der Waals surface area (Å²) in [5.74, 6) is 0.136. The number of hydrogen-bond donors (Lipinski definition) is 0. The summed E-state index contributed by atoms with van der Waals surface area (Å²) in [6.07, 6.45) is -3.50. The van der Waals surface area contributed by atoms with Gasteiger partial charge in [0.2, 0.25) is 5.43 Å². The second kappa shape index (κ2) is 7.41. The van der Waals surface area contributed by atoms with Crippen LogP contribution in [-0.2, 0) is 6.18 Å². The zero-order valence-electron chi connectivity index (χ0n) is 16.0. The van der Waals surface area contributed by atoms with Gasteiger partial charge in [0.05, 0.1) is 11.3 Å². The van der Waals surface area contributed by atoms with Crippen molar-refractivity contribution in [1.29, 1.82) is 0 Å². The highest BCUT2D eigenvalue weighted by atomic mass is 19.4. The number of piperidine rings is 1. The number of likely N-dealkylation sites (tertiary alicyclic amines) is 1. The highest BCUT2D eigenvalue weighted by molar-refractivity contribution is 5.92. The molecule has 0 N–H and O–H groups in total. The van der Waals surface area contributed by atoms with Gasteiger partial charge in [-0.2, -0.15) is 18.3 Å². The molecule has 8 heteroatoms. The third-order valence-electron chi connectivity index (χ3n) is 4.88. The summed E-state index contributed by atoms with van der Waals surface area (Å²) in [5, 5.41) is 4.14. The van der Waals surface area contributed by atoms with Crippen LogP contribution in [0.25, 0.3) is 5.69 Å². The maximum Gasteiger partial charge on any atom is 0.416 e. The van der Waals surface area contributed by atoms with Crippen LogP contribution in [0.2, 0.25) is 0 Å². The van der Waals surface area contributed by atoms with Crippen LogP contribution in [0.1, 0.15) is 42.0 Å². The second-order valence-electron chi connectivity index (χ2n) is 7.61. The number of carbonyl (C=O) groups is 1. The molecule has 1 aliphatic rings. The fourth-order valence-electron chi connectivity index (χ4n) is 3.75. The first-order valence-corrected chi connectivity index (χ1v) is 9.14. The van der Waals surface area contributed by atoms with Gasteiger partial charge in [0.25, 0.3) is 5.91 Å². The van der Waals surface area contributed by atoms with E-state index in [1.807, 2.05) is 13.8 Å². The third-order valence-corrected chi connectivity index (χ3v) is 4.88. The fraction of sp³-hybridized carbons (Fsp3) is 0.450. The molecule has 1 saturated heterocycles. The van der Waals surface area contributed by atoms with Crippen LogP contribution in [0.15, 0.2) is 35.1 Å². The van der Waals surface area contributed by atoms with Gasteiger partial charge in [0.1, 0.15) is 0 Å². The number of hydrogen-bond acceptors (Lipinski definition) is 3. The van der Waals surface area contributed by atoms with Crippen molar-refractivity contribution in [3.63, 3.8) is 0 Å². The van der Waals surface area contributed by atoms with Gasteiger partial charge in [-0.25, -0.2) is 4.68 Å². The highest BCUT2D eigenvalue weighted by Gasteiger charge is 2.31. The molecule has 0 saturated carbocycles. The lowest BCUT2D eigenvalue weighted by molar-refractivity contribution is -0.137. The first-order chi connectivity index (χ1) is 13.1. The fourth-order valence-corrected chi connectivity index (χ4v) is 3.75. The summed E-state index contributed by atoms with van der Waals surface area (Å²) in [4.78, 5) is 26.9. The molecule has 1 amide bonds. The lowest BCUT2D eigenvalue weighted by Crippen LogP contribution is -2.44.